The molecule has 142 valence electrons. The fourth-order valence-corrected chi connectivity index (χ4v) is 4.75. The minimum atomic E-state index is -0.0489. The second kappa shape index (κ2) is 8.42. The number of amides is 1. The summed E-state index contributed by atoms with van der Waals surface area (Å²) in [6.07, 6.45) is 0. The van der Waals surface area contributed by atoms with Gasteiger partial charge in [-0.25, -0.2) is 4.98 Å². The van der Waals surface area contributed by atoms with E-state index in [1.807, 2.05) is 55.5 Å². The second-order valence-corrected chi connectivity index (χ2v) is 8.53. The highest BCUT2D eigenvalue weighted by atomic mass is 79.9. The standard InChI is InChI=1S/C19H15BrN4O2S2/c1-2-24(18-21-14-9-5-6-10-15(14)28-18)16(25)11-27-19-23-22-17(26-19)12-7-3-4-8-13(12)20/h3-10H,2,11H2,1H3. The molecule has 0 aliphatic heterocycles. The number of carbonyl (C=O) groups excluding carboxylic acids is 1. The van der Waals surface area contributed by atoms with Gasteiger partial charge in [0, 0.05) is 11.0 Å². The summed E-state index contributed by atoms with van der Waals surface area (Å²) in [5.74, 6) is 0.564. The van der Waals surface area contributed by atoms with Crippen molar-refractivity contribution in [3.63, 3.8) is 0 Å². The molecule has 0 radical (unpaired) electrons. The maximum Gasteiger partial charge on any atom is 0.277 e. The molecule has 4 rings (SSSR count). The lowest BCUT2D eigenvalue weighted by atomic mass is 10.2. The van der Waals surface area contributed by atoms with Gasteiger partial charge in [0.05, 0.1) is 21.5 Å². The van der Waals surface area contributed by atoms with Crippen LogP contribution in [0.3, 0.4) is 0 Å². The van der Waals surface area contributed by atoms with Crippen LogP contribution in [-0.4, -0.2) is 33.4 Å². The van der Waals surface area contributed by atoms with Crippen molar-refractivity contribution in [1.82, 2.24) is 15.2 Å². The van der Waals surface area contributed by atoms with E-state index in [0.29, 0.717) is 22.8 Å². The smallest absolute Gasteiger partial charge is 0.277 e. The van der Waals surface area contributed by atoms with Gasteiger partial charge in [0.2, 0.25) is 11.8 Å². The third-order valence-corrected chi connectivity index (χ3v) is 6.51. The van der Waals surface area contributed by atoms with Gasteiger partial charge in [0.15, 0.2) is 5.13 Å². The summed E-state index contributed by atoms with van der Waals surface area (Å²) in [4.78, 5) is 19.0. The average Bonchev–Trinajstić information content (AvgIpc) is 3.34. The molecule has 0 saturated heterocycles. The number of benzene rings is 2. The van der Waals surface area contributed by atoms with Crippen molar-refractivity contribution in [3.8, 4) is 11.5 Å². The van der Waals surface area contributed by atoms with Crippen molar-refractivity contribution in [2.75, 3.05) is 17.2 Å². The zero-order valence-electron chi connectivity index (χ0n) is 14.8. The molecule has 0 aliphatic rings. The van der Waals surface area contributed by atoms with Crippen LogP contribution in [0.4, 0.5) is 5.13 Å². The highest BCUT2D eigenvalue weighted by molar-refractivity contribution is 9.10. The first-order valence-electron chi connectivity index (χ1n) is 8.53. The Hall–Kier alpha value is -2.23. The molecular formula is C19H15BrN4O2S2. The van der Waals surface area contributed by atoms with Gasteiger partial charge < -0.3 is 4.42 Å². The summed E-state index contributed by atoms with van der Waals surface area (Å²) in [7, 11) is 0. The normalized spacial score (nSPS) is 11.1. The Morgan fingerprint density at radius 3 is 2.75 bits per heavy atom. The van der Waals surface area contributed by atoms with Gasteiger partial charge in [-0.2, -0.15) is 0 Å². The van der Waals surface area contributed by atoms with Crippen molar-refractivity contribution in [2.24, 2.45) is 0 Å². The molecule has 1 amide bonds. The summed E-state index contributed by atoms with van der Waals surface area (Å²) in [5.41, 5.74) is 1.72. The van der Waals surface area contributed by atoms with Crippen LogP contribution in [0.15, 0.2) is 62.6 Å². The third kappa shape index (κ3) is 3.96. The molecule has 2 heterocycles. The molecule has 2 aromatic carbocycles. The summed E-state index contributed by atoms with van der Waals surface area (Å²) in [5, 5.41) is 9.18. The fraction of sp³-hybridized carbons (Fsp3) is 0.158. The molecule has 9 heteroatoms. The largest absolute Gasteiger partial charge is 0.411 e. The van der Waals surface area contributed by atoms with Crippen LogP contribution in [0.25, 0.3) is 21.7 Å². The number of rotatable bonds is 6. The van der Waals surface area contributed by atoms with Gasteiger partial charge in [0.1, 0.15) is 0 Å². The molecule has 28 heavy (non-hydrogen) atoms. The lowest BCUT2D eigenvalue weighted by molar-refractivity contribution is -0.116. The molecule has 0 fully saturated rings. The van der Waals surface area contributed by atoms with Crippen molar-refractivity contribution in [1.29, 1.82) is 0 Å². The molecular weight excluding hydrogens is 460 g/mol. The first-order valence-corrected chi connectivity index (χ1v) is 11.1. The lowest BCUT2D eigenvalue weighted by Crippen LogP contribution is -2.32. The Labute approximate surface area is 178 Å². The molecule has 0 N–H and O–H groups in total. The molecule has 6 nitrogen and oxygen atoms in total. The lowest BCUT2D eigenvalue weighted by Gasteiger charge is -2.16. The summed E-state index contributed by atoms with van der Waals surface area (Å²) >= 11 is 6.21. The molecule has 0 bridgehead atoms. The zero-order chi connectivity index (χ0) is 19.5. The van der Waals surface area contributed by atoms with E-state index < -0.39 is 0 Å². The van der Waals surface area contributed by atoms with Crippen molar-refractivity contribution in [2.45, 2.75) is 12.1 Å². The number of anilines is 1. The minimum absolute atomic E-state index is 0.0489. The van der Waals surface area contributed by atoms with E-state index in [2.05, 4.69) is 31.1 Å². The Morgan fingerprint density at radius 1 is 1.18 bits per heavy atom. The number of carbonyl (C=O) groups is 1. The molecule has 0 spiro atoms. The highest BCUT2D eigenvalue weighted by Gasteiger charge is 2.20. The monoisotopic (exact) mass is 474 g/mol. The summed E-state index contributed by atoms with van der Waals surface area (Å²) < 4.78 is 7.63. The van der Waals surface area contributed by atoms with E-state index in [1.54, 1.807) is 4.90 Å². The first-order chi connectivity index (χ1) is 13.7. The van der Waals surface area contributed by atoms with Gasteiger partial charge in [0.25, 0.3) is 5.22 Å². The fourth-order valence-electron chi connectivity index (χ4n) is 2.61. The Morgan fingerprint density at radius 2 is 1.96 bits per heavy atom. The van der Waals surface area contributed by atoms with E-state index in [4.69, 9.17) is 4.42 Å². The Kier molecular flexibility index (Phi) is 5.74. The van der Waals surface area contributed by atoms with E-state index in [-0.39, 0.29) is 11.7 Å². The van der Waals surface area contributed by atoms with E-state index in [0.717, 1.165) is 20.3 Å². The summed E-state index contributed by atoms with van der Waals surface area (Å²) in [6.45, 7) is 2.48. The number of nitrogens with zero attached hydrogens (tertiary/aromatic N) is 4. The maximum absolute atomic E-state index is 12.7. The average molecular weight is 475 g/mol. The number of hydrogen-bond acceptors (Lipinski definition) is 7. The Balaban J connectivity index is 1.45. The summed E-state index contributed by atoms with van der Waals surface area (Å²) in [6, 6.07) is 15.5. The molecule has 0 atom stereocenters. The van der Waals surface area contributed by atoms with Crippen LogP contribution in [0, 0.1) is 0 Å². The van der Waals surface area contributed by atoms with Crippen molar-refractivity contribution >= 4 is 60.3 Å². The minimum Gasteiger partial charge on any atom is -0.411 e. The predicted octanol–water partition coefficient (Wildman–Crippen LogP) is 5.25. The quantitative estimate of drug-likeness (QED) is 0.355. The molecule has 4 aromatic rings. The van der Waals surface area contributed by atoms with Crippen LogP contribution in [-0.2, 0) is 4.79 Å². The van der Waals surface area contributed by atoms with Gasteiger partial charge in [-0.3, -0.25) is 9.69 Å². The van der Waals surface area contributed by atoms with Crippen LogP contribution >= 0.6 is 39.0 Å². The number of hydrogen-bond donors (Lipinski definition) is 0. The van der Waals surface area contributed by atoms with Crippen LogP contribution < -0.4 is 4.90 Å². The maximum atomic E-state index is 12.7. The zero-order valence-corrected chi connectivity index (χ0v) is 18.1. The molecule has 2 aromatic heterocycles. The van der Waals surface area contributed by atoms with Gasteiger partial charge in [-0.15, -0.1) is 10.2 Å². The highest BCUT2D eigenvalue weighted by Crippen LogP contribution is 2.31. The van der Waals surface area contributed by atoms with Gasteiger partial charge in [-0.1, -0.05) is 47.4 Å². The predicted molar refractivity (Wildman–Crippen MR) is 116 cm³/mol. The van der Waals surface area contributed by atoms with Crippen LogP contribution in [0.5, 0.6) is 0 Å². The first kappa shape index (κ1) is 19.1. The number of fused-ring (bicyclic) bond motifs is 1. The van der Waals surface area contributed by atoms with E-state index >= 15 is 0 Å². The van der Waals surface area contributed by atoms with Crippen LogP contribution in [0.1, 0.15) is 6.92 Å². The van der Waals surface area contributed by atoms with Gasteiger partial charge >= 0.3 is 0 Å². The number of aromatic nitrogens is 3. The molecule has 0 saturated carbocycles. The van der Waals surface area contributed by atoms with Crippen molar-refractivity contribution in [3.05, 3.63) is 53.0 Å². The number of thioether (sulfide) groups is 1. The molecule has 0 unspecified atom stereocenters. The SMILES string of the molecule is CCN(C(=O)CSc1nnc(-c2ccccc2Br)o1)c1nc2ccccc2s1. The number of halogens is 1. The van der Waals surface area contributed by atoms with E-state index in [9.17, 15) is 4.79 Å². The second-order valence-electron chi connectivity index (χ2n) is 5.74. The third-order valence-electron chi connectivity index (χ3n) is 3.96. The Bertz CT molecular complexity index is 1090. The number of thiazole rings is 1. The number of para-hydroxylation sites is 1. The molecule has 0 aliphatic carbocycles. The van der Waals surface area contributed by atoms with E-state index in [1.165, 1.54) is 23.1 Å². The topological polar surface area (TPSA) is 72.1 Å². The van der Waals surface area contributed by atoms with Crippen molar-refractivity contribution < 1.29 is 9.21 Å². The van der Waals surface area contributed by atoms with Gasteiger partial charge in [-0.05, 0) is 47.1 Å². The van der Waals surface area contributed by atoms with Crippen LogP contribution in [0.2, 0.25) is 0 Å².